The maximum atomic E-state index is 6.22. The molecule has 152 valence electrons. The van der Waals surface area contributed by atoms with Crippen LogP contribution in [0.3, 0.4) is 0 Å². The third kappa shape index (κ3) is 2.83. The van der Waals surface area contributed by atoms with E-state index in [2.05, 4.69) is 32.8 Å². The normalized spacial score (nSPS) is 13.0. The zero-order valence-electron chi connectivity index (χ0n) is 16.7. The Labute approximate surface area is 178 Å². The van der Waals surface area contributed by atoms with Gasteiger partial charge in [0.15, 0.2) is 17.3 Å². The summed E-state index contributed by atoms with van der Waals surface area (Å²) < 4.78 is 3.71. The number of hydrogen-bond acceptors (Lipinski definition) is 6. The van der Waals surface area contributed by atoms with Gasteiger partial charge in [0.2, 0.25) is 0 Å². The van der Waals surface area contributed by atoms with Crippen molar-refractivity contribution in [3.05, 3.63) is 72.1 Å². The summed E-state index contributed by atoms with van der Waals surface area (Å²) >= 11 is 0. The molecule has 6 rings (SSSR count). The number of nitrogens with two attached hydrogens (primary N) is 2. The molecule has 4 N–H and O–H groups in total. The second-order valence-electron chi connectivity index (χ2n) is 7.71. The van der Waals surface area contributed by atoms with E-state index in [0.717, 1.165) is 35.3 Å². The van der Waals surface area contributed by atoms with Gasteiger partial charge in [0.1, 0.15) is 17.2 Å². The number of aromatic nitrogens is 6. The Bertz CT molecular complexity index is 1450. The van der Waals surface area contributed by atoms with E-state index >= 15 is 0 Å². The number of anilines is 2. The van der Waals surface area contributed by atoms with Gasteiger partial charge >= 0.3 is 0 Å². The van der Waals surface area contributed by atoms with Gasteiger partial charge in [-0.15, -0.1) is 5.10 Å². The molecular weight excluding hydrogens is 388 g/mol. The fourth-order valence-corrected chi connectivity index (χ4v) is 4.27. The van der Waals surface area contributed by atoms with Gasteiger partial charge < -0.3 is 11.5 Å². The second-order valence-corrected chi connectivity index (χ2v) is 7.71. The van der Waals surface area contributed by atoms with Gasteiger partial charge in [-0.3, -0.25) is 4.57 Å². The number of rotatable bonds is 3. The van der Waals surface area contributed by atoms with E-state index in [0.29, 0.717) is 23.3 Å². The molecule has 1 aliphatic rings. The monoisotopic (exact) mass is 408 g/mol. The number of nitrogen functional groups attached to an aromatic ring is 2. The van der Waals surface area contributed by atoms with Crippen molar-refractivity contribution >= 4 is 22.8 Å². The molecule has 31 heavy (non-hydrogen) atoms. The summed E-state index contributed by atoms with van der Waals surface area (Å²) in [5.74, 6) is 2.25. The van der Waals surface area contributed by atoms with Crippen molar-refractivity contribution < 1.29 is 0 Å². The largest absolute Gasteiger partial charge is 0.383 e. The summed E-state index contributed by atoms with van der Waals surface area (Å²) in [6.07, 6.45) is 6.88. The molecule has 4 aromatic heterocycles. The Morgan fingerprint density at radius 2 is 1.81 bits per heavy atom. The van der Waals surface area contributed by atoms with Gasteiger partial charge in [0.25, 0.3) is 0 Å². The standard InChI is InChI=1S/C23H20N8/c24-19-10-12-30(29-19)20-9-8-18-23(28-20)31(16-7-6-14-3-1-4-15(14)13-16)22(27-18)17-5-2-11-26-21(17)25/h2,5-13H,1,3-4H2,(H2,24,29)(H2,25,26). The Kier molecular flexibility index (Phi) is 3.79. The Morgan fingerprint density at radius 1 is 0.903 bits per heavy atom. The zero-order valence-corrected chi connectivity index (χ0v) is 16.7. The molecule has 0 fully saturated rings. The maximum absolute atomic E-state index is 6.22. The van der Waals surface area contributed by atoms with Gasteiger partial charge in [-0.05, 0) is 66.8 Å². The first-order chi connectivity index (χ1) is 15.2. The van der Waals surface area contributed by atoms with E-state index in [1.54, 1.807) is 23.1 Å². The minimum absolute atomic E-state index is 0.431. The molecular formula is C23H20N8. The van der Waals surface area contributed by atoms with Crippen LogP contribution < -0.4 is 11.5 Å². The molecule has 0 bridgehead atoms. The molecule has 8 nitrogen and oxygen atoms in total. The third-order valence-electron chi connectivity index (χ3n) is 5.75. The predicted molar refractivity (Wildman–Crippen MR) is 120 cm³/mol. The number of fused-ring (bicyclic) bond motifs is 2. The quantitative estimate of drug-likeness (QED) is 0.473. The number of benzene rings is 1. The number of nitrogens with zero attached hydrogens (tertiary/aromatic N) is 6. The molecule has 8 heteroatoms. The topological polar surface area (TPSA) is 113 Å². The predicted octanol–water partition coefficient (Wildman–Crippen LogP) is 3.32. The van der Waals surface area contributed by atoms with Crippen molar-refractivity contribution in [2.45, 2.75) is 19.3 Å². The molecule has 1 aliphatic carbocycles. The molecule has 5 aromatic rings. The highest BCUT2D eigenvalue weighted by Gasteiger charge is 2.20. The van der Waals surface area contributed by atoms with Crippen LogP contribution in [0.4, 0.5) is 11.6 Å². The highest BCUT2D eigenvalue weighted by Crippen LogP contribution is 2.32. The van der Waals surface area contributed by atoms with E-state index in [1.165, 1.54) is 17.5 Å². The van der Waals surface area contributed by atoms with Crippen LogP contribution in [0.15, 0.2) is 60.9 Å². The first-order valence-electron chi connectivity index (χ1n) is 10.2. The lowest BCUT2D eigenvalue weighted by Crippen LogP contribution is -2.04. The summed E-state index contributed by atoms with van der Waals surface area (Å²) in [5.41, 5.74) is 18.1. The highest BCUT2D eigenvalue weighted by molar-refractivity contribution is 5.83. The van der Waals surface area contributed by atoms with E-state index in [-0.39, 0.29) is 0 Å². The fourth-order valence-electron chi connectivity index (χ4n) is 4.27. The lowest BCUT2D eigenvalue weighted by Gasteiger charge is -2.12. The molecule has 0 atom stereocenters. The number of pyridine rings is 2. The molecule has 1 aromatic carbocycles. The Balaban J connectivity index is 1.64. The van der Waals surface area contributed by atoms with E-state index in [1.807, 2.05) is 24.3 Å². The van der Waals surface area contributed by atoms with Crippen LogP contribution in [0.25, 0.3) is 34.1 Å². The number of imidazole rings is 1. The smallest absolute Gasteiger partial charge is 0.167 e. The Morgan fingerprint density at radius 3 is 2.65 bits per heavy atom. The summed E-state index contributed by atoms with van der Waals surface area (Å²) in [6.45, 7) is 0. The van der Waals surface area contributed by atoms with Crippen LogP contribution in [-0.2, 0) is 12.8 Å². The minimum Gasteiger partial charge on any atom is -0.383 e. The van der Waals surface area contributed by atoms with Crippen molar-refractivity contribution in [2.75, 3.05) is 11.5 Å². The molecule has 0 saturated carbocycles. The highest BCUT2D eigenvalue weighted by atomic mass is 15.3. The molecule has 0 unspecified atom stereocenters. The van der Waals surface area contributed by atoms with Crippen LogP contribution in [0.5, 0.6) is 0 Å². The van der Waals surface area contributed by atoms with Gasteiger partial charge in [-0.1, -0.05) is 6.07 Å². The number of aryl methyl sites for hydroxylation is 2. The van der Waals surface area contributed by atoms with Gasteiger partial charge in [0, 0.05) is 24.1 Å². The van der Waals surface area contributed by atoms with Crippen LogP contribution >= 0.6 is 0 Å². The maximum Gasteiger partial charge on any atom is 0.167 e. The lowest BCUT2D eigenvalue weighted by molar-refractivity contribution is 0.853. The summed E-state index contributed by atoms with van der Waals surface area (Å²) in [4.78, 5) is 14.0. The third-order valence-corrected chi connectivity index (χ3v) is 5.75. The fraction of sp³-hybridized carbons (Fsp3) is 0.130. The molecule has 4 heterocycles. The van der Waals surface area contributed by atoms with Gasteiger partial charge in [-0.2, -0.15) is 0 Å². The Hall–Kier alpha value is -4.20. The van der Waals surface area contributed by atoms with Gasteiger partial charge in [-0.25, -0.2) is 19.6 Å². The molecule has 0 radical (unpaired) electrons. The SMILES string of the molecule is Nc1ccn(-c2ccc3nc(-c4cccnc4N)n(-c4ccc5c(c4)CCC5)c3n2)n1. The van der Waals surface area contributed by atoms with Crippen LogP contribution in [0.2, 0.25) is 0 Å². The van der Waals surface area contributed by atoms with Crippen molar-refractivity contribution in [1.29, 1.82) is 0 Å². The molecule has 0 aliphatic heterocycles. The minimum atomic E-state index is 0.431. The molecule has 0 saturated heterocycles. The van der Waals surface area contributed by atoms with Crippen molar-refractivity contribution in [2.24, 2.45) is 0 Å². The molecule has 0 spiro atoms. The van der Waals surface area contributed by atoms with E-state index in [4.69, 9.17) is 21.4 Å². The number of hydrogen-bond donors (Lipinski definition) is 2. The summed E-state index contributed by atoms with van der Waals surface area (Å²) in [5, 5.41) is 4.29. The second kappa shape index (κ2) is 6.66. The first kappa shape index (κ1) is 17.6. The van der Waals surface area contributed by atoms with Crippen LogP contribution in [0, 0.1) is 0 Å². The van der Waals surface area contributed by atoms with Crippen LogP contribution in [0.1, 0.15) is 17.5 Å². The van der Waals surface area contributed by atoms with Crippen molar-refractivity contribution in [3.63, 3.8) is 0 Å². The molecule has 0 amide bonds. The average Bonchev–Trinajstić information content (AvgIpc) is 3.50. The average molecular weight is 408 g/mol. The first-order valence-corrected chi connectivity index (χ1v) is 10.2. The summed E-state index contributed by atoms with van der Waals surface area (Å²) in [6, 6.07) is 15.9. The lowest BCUT2D eigenvalue weighted by atomic mass is 10.1. The van der Waals surface area contributed by atoms with Gasteiger partial charge in [0.05, 0.1) is 5.56 Å². The van der Waals surface area contributed by atoms with Crippen molar-refractivity contribution in [3.8, 4) is 22.9 Å². The van der Waals surface area contributed by atoms with Crippen LogP contribution in [-0.4, -0.2) is 29.3 Å². The van der Waals surface area contributed by atoms with E-state index < -0.39 is 0 Å². The van der Waals surface area contributed by atoms with E-state index in [9.17, 15) is 0 Å². The summed E-state index contributed by atoms with van der Waals surface area (Å²) in [7, 11) is 0. The zero-order chi connectivity index (χ0) is 20.9. The van der Waals surface area contributed by atoms with Crippen molar-refractivity contribution in [1.82, 2.24) is 29.3 Å².